The quantitative estimate of drug-likeness (QED) is 0.284. The summed E-state index contributed by atoms with van der Waals surface area (Å²) in [5.74, 6) is -2.24. The summed E-state index contributed by atoms with van der Waals surface area (Å²) in [5, 5.41) is 2.76. The number of fused-ring (bicyclic) bond motifs is 1. The number of rotatable bonds is 7. The van der Waals surface area contributed by atoms with E-state index in [1.165, 1.54) is 13.0 Å². The molecule has 0 radical (unpaired) electrons. The minimum absolute atomic E-state index is 0.00684. The molecule has 4 rings (SSSR count). The van der Waals surface area contributed by atoms with Crippen LogP contribution in [-0.4, -0.2) is 60.2 Å². The number of anilines is 1. The highest BCUT2D eigenvalue weighted by Gasteiger charge is 2.42. The Bertz CT molecular complexity index is 1170. The molecular formula is C25H25Cl2F3N2O5. The second-order valence-electron chi connectivity index (χ2n) is 9.15. The van der Waals surface area contributed by atoms with Gasteiger partial charge in [-0.1, -0.05) is 11.6 Å². The molecule has 1 fully saturated rings. The zero-order valence-corrected chi connectivity index (χ0v) is 21.4. The van der Waals surface area contributed by atoms with Crippen LogP contribution in [0, 0.1) is 0 Å². The first kappa shape index (κ1) is 27.3. The van der Waals surface area contributed by atoms with Crippen molar-refractivity contribution in [1.29, 1.82) is 0 Å². The highest BCUT2D eigenvalue weighted by molar-refractivity contribution is 6.30. The summed E-state index contributed by atoms with van der Waals surface area (Å²) in [6, 6.07) is 9.18. The van der Waals surface area contributed by atoms with Gasteiger partial charge in [-0.3, -0.25) is 4.79 Å². The number of amides is 1. The van der Waals surface area contributed by atoms with Crippen LogP contribution >= 0.6 is 23.2 Å². The van der Waals surface area contributed by atoms with Crippen molar-refractivity contribution in [2.75, 3.05) is 31.6 Å². The summed E-state index contributed by atoms with van der Waals surface area (Å²) in [6.45, 7) is 3.33. The van der Waals surface area contributed by atoms with E-state index >= 15 is 0 Å². The van der Waals surface area contributed by atoms with Crippen molar-refractivity contribution in [1.82, 2.24) is 4.90 Å². The fourth-order valence-electron chi connectivity index (χ4n) is 4.48. The zero-order valence-electron chi connectivity index (χ0n) is 19.9. The van der Waals surface area contributed by atoms with Gasteiger partial charge < -0.3 is 24.4 Å². The average molecular weight is 561 g/mol. The van der Waals surface area contributed by atoms with Crippen molar-refractivity contribution < 1.29 is 37.0 Å². The molecule has 0 bridgehead atoms. The number of likely N-dealkylation sites (tertiary alicyclic amines) is 1. The van der Waals surface area contributed by atoms with Gasteiger partial charge in [-0.05, 0) is 35.9 Å². The molecule has 7 nitrogen and oxygen atoms in total. The summed E-state index contributed by atoms with van der Waals surface area (Å²) in [5.41, 5.74) is 1.08. The summed E-state index contributed by atoms with van der Waals surface area (Å²) in [6.07, 6.45) is -2.69. The molecular weight excluding hydrogens is 536 g/mol. The van der Waals surface area contributed by atoms with E-state index in [9.17, 15) is 22.8 Å². The largest absolute Gasteiger partial charge is 0.491 e. The van der Waals surface area contributed by atoms with Crippen LogP contribution in [0.3, 0.4) is 0 Å². The molecule has 1 amide bonds. The van der Waals surface area contributed by atoms with Crippen molar-refractivity contribution >= 4 is 40.8 Å². The number of carbonyl (C=O) groups excluding carboxylic acids is 2. The zero-order chi connectivity index (χ0) is 26.8. The van der Waals surface area contributed by atoms with Crippen LogP contribution in [0.15, 0.2) is 36.4 Å². The molecule has 0 saturated carbocycles. The number of alkyl halides is 4. The Morgan fingerprint density at radius 2 is 1.92 bits per heavy atom. The maximum absolute atomic E-state index is 12.5. The molecule has 2 aromatic carbocycles. The number of hydrogen-bond acceptors (Lipinski definition) is 6. The van der Waals surface area contributed by atoms with Crippen LogP contribution in [0.25, 0.3) is 0 Å². The van der Waals surface area contributed by atoms with E-state index in [1.54, 1.807) is 0 Å². The van der Waals surface area contributed by atoms with Gasteiger partial charge in [-0.2, -0.15) is 13.2 Å². The number of esters is 1. The number of hydrogen-bond donors (Lipinski definition) is 1. The van der Waals surface area contributed by atoms with Crippen LogP contribution in [0.2, 0.25) is 5.02 Å². The number of carbonyl (C=O) groups is 2. The van der Waals surface area contributed by atoms with Crippen LogP contribution in [0.5, 0.6) is 17.2 Å². The highest BCUT2D eigenvalue weighted by atomic mass is 35.5. The molecule has 2 aromatic rings. The number of ether oxygens (including phenoxy) is 3. The van der Waals surface area contributed by atoms with Gasteiger partial charge in [0.1, 0.15) is 29.5 Å². The van der Waals surface area contributed by atoms with Crippen LogP contribution in [0.1, 0.15) is 25.3 Å². The standard InChI is InChI=1S/C25H25Cl2F3N2O5/c1-15(33)31-20-4-3-19(36-23(34)25(28,29)30)11-22(20)35-14-18(27)13-32-8-6-24(7-9-32)12-16-10-17(26)2-5-21(16)37-24/h2-5,10-11,18H,6-9,12-14H2,1H3,(H,31,33). The molecule has 2 aliphatic heterocycles. The molecule has 12 heteroatoms. The number of nitrogens with zero attached hydrogens (tertiary/aromatic N) is 1. The predicted octanol–water partition coefficient (Wildman–Crippen LogP) is 5.22. The van der Waals surface area contributed by atoms with Crippen molar-refractivity contribution in [2.24, 2.45) is 0 Å². The van der Waals surface area contributed by atoms with Crippen LogP contribution < -0.4 is 19.5 Å². The fraction of sp³-hybridized carbons (Fsp3) is 0.440. The lowest BCUT2D eigenvalue weighted by atomic mass is 9.87. The van der Waals surface area contributed by atoms with E-state index in [2.05, 4.69) is 15.0 Å². The molecule has 2 aliphatic rings. The topological polar surface area (TPSA) is 77.1 Å². The number of piperidine rings is 1. The Kier molecular flexibility index (Phi) is 8.11. The molecule has 200 valence electrons. The van der Waals surface area contributed by atoms with Gasteiger partial charge in [0.2, 0.25) is 5.91 Å². The van der Waals surface area contributed by atoms with E-state index in [0.29, 0.717) is 11.6 Å². The van der Waals surface area contributed by atoms with E-state index in [0.717, 1.165) is 55.8 Å². The van der Waals surface area contributed by atoms with Crippen molar-refractivity contribution in [3.8, 4) is 17.2 Å². The molecule has 0 aliphatic carbocycles. The van der Waals surface area contributed by atoms with Crippen molar-refractivity contribution in [2.45, 2.75) is 43.3 Å². The maximum Gasteiger partial charge on any atom is 0.491 e. The lowest BCUT2D eigenvalue weighted by molar-refractivity contribution is -0.189. The smallest absolute Gasteiger partial charge is 0.490 e. The van der Waals surface area contributed by atoms with Gasteiger partial charge in [0, 0.05) is 56.9 Å². The van der Waals surface area contributed by atoms with Gasteiger partial charge >= 0.3 is 12.1 Å². The molecule has 1 atom stereocenters. The third kappa shape index (κ3) is 7.00. The molecule has 1 saturated heterocycles. The number of halogens is 5. The molecule has 2 heterocycles. The number of nitrogens with one attached hydrogen (secondary N) is 1. The monoisotopic (exact) mass is 560 g/mol. The minimum atomic E-state index is -5.15. The maximum atomic E-state index is 12.5. The third-order valence-corrected chi connectivity index (χ3v) is 6.71. The Morgan fingerprint density at radius 1 is 1.19 bits per heavy atom. The minimum Gasteiger partial charge on any atom is -0.490 e. The first-order valence-corrected chi connectivity index (χ1v) is 12.4. The number of benzene rings is 2. The fourth-order valence-corrected chi connectivity index (χ4v) is 4.93. The van der Waals surface area contributed by atoms with Crippen LogP contribution in [0.4, 0.5) is 18.9 Å². The highest BCUT2D eigenvalue weighted by Crippen LogP contribution is 2.42. The first-order valence-electron chi connectivity index (χ1n) is 11.6. The van der Waals surface area contributed by atoms with Crippen LogP contribution in [-0.2, 0) is 16.0 Å². The summed E-state index contributed by atoms with van der Waals surface area (Å²) < 4.78 is 54.0. The average Bonchev–Trinajstić information content (AvgIpc) is 3.16. The summed E-state index contributed by atoms with van der Waals surface area (Å²) >= 11 is 12.6. The van der Waals surface area contributed by atoms with Crippen molar-refractivity contribution in [3.63, 3.8) is 0 Å². The van der Waals surface area contributed by atoms with Gasteiger partial charge in [0.25, 0.3) is 0 Å². The second-order valence-corrected chi connectivity index (χ2v) is 10.2. The molecule has 1 unspecified atom stereocenters. The first-order chi connectivity index (χ1) is 17.4. The Morgan fingerprint density at radius 3 is 2.59 bits per heavy atom. The van der Waals surface area contributed by atoms with Gasteiger partial charge in [0.05, 0.1) is 11.1 Å². The van der Waals surface area contributed by atoms with Gasteiger partial charge in [-0.25, -0.2) is 4.79 Å². The molecule has 1 spiro atoms. The van der Waals surface area contributed by atoms with Crippen molar-refractivity contribution in [3.05, 3.63) is 47.0 Å². The predicted molar refractivity (Wildman–Crippen MR) is 132 cm³/mol. The van der Waals surface area contributed by atoms with Gasteiger partial charge in [-0.15, -0.1) is 11.6 Å². The molecule has 37 heavy (non-hydrogen) atoms. The Balaban J connectivity index is 1.31. The van der Waals surface area contributed by atoms with E-state index in [1.807, 2.05) is 18.2 Å². The van der Waals surface area contributed by atoms with Gasteiger partial charge in [0.15, 0.2) is 0 Å². The molecule has 1 N–H and O–H groups in total. The normalized spacial score (nSPS) is 17.6. The van der Waals surface area contributed by atoms with E-state index in [4.69, 9.17) is 32.7 Å². The summed E-state index contributed by atoms with van der Waals surface area (Å²) in [4.78, 5) is 24.9. The molecule has 0 aromatic heterocycles. The third-order valence-electron chi connectivity index (χ3n) is 6.21. The Labute approximate surface area is 221 Å². The lowest BCUT2D eigenvalue weighted by Crippen LogP contribution is -2.49. The second kappa shape index (κ2) is 11.0. The Hall–Kier alpha value is -2.69. The van der Waals surface area contributed by atoms with E-state index < -0.39 is 23.4 Å². The van der Waals surface area contributed by atoms with E-state index in [-0.39, 0.29) is 29.4 Å². The lowest BCUT2D eigenvalue weighted by Gasteiger charge is -2.39. The SMILES string of the molecule is CC(=O)Nc1ccc(OC(=O)C(F)(F)F)cc1OCC(Cl)CN1CCC2(CC1)Cc1cc(Cl)ccc1O2. The summed E-state index contributed by atoms with van der Waals surface area (Å²) in [7, 11) is 0.